The number of nitrogens with zero attached hydrogens (tertiary/aromatic N) is 1. The molecule has 0 saturated heterocycles. The number of carbonyl (C=O) groups excluding carboxylic acids is 1. The molecule has 20 heavy (non-hydrogen) atoms. The van der Waals surface area contributed by atoms with Gasteiger partial charge in [-0.2, -0.15) is 0 Å². The van der Waals surface area contributed by atoms with Gasteiger partial charge in [-0.25, -0.2) is 0 Å². The molecule has 1 aliphatic heterocycles. The second kappa shape index (κ2) is 5.49. The molecule has 0 radical (unpaired) electrons. The molecule has 1 aromatic carbocycles. The van der Waals surface area contributed by atoms with Crippen molar-refractivity contribution in [2.45, 2.75) is 13.1 Å². The standard InChI is InChI=1S/C16H14N2OS/c17-8-3-6-12-7-9-20-15(12)16(19)18-10-13-4-1-2-5-14(13)11-18/h1-2,4-5,7,9H,8,10-11,17H2. The van der Waals surface area contributed by atoms with Crippen molar-refractivity contribution in [2.24, 2.45) is 5.73 Å². The van der Waals surface area contributed by atoms with E-state index in [-0.39, 0.29) is 5.91 Å². The summed E-state index contributed by atoms with van der Waals surface area (Å²) in [4.78, 5) is 15.2. The Bertz CT molecular complexity index is 684. The van der Waals surface area contributed by atoms with Gasteiger partial charge in [0.2, 0.25) is 0 Å². The minimum Gasteiger partial charge on any atom is -0.329 e. The van der Waals surface area contributed by atoms with Crippen LogP contribution in [0.2, 0.25) is 0 Å². The third-order valence-corrected chi connectivity index (χ3v) is 4.21. The van der Waals surface area contributed by atoms with E-state index in [0.29, 0.717) is 24.5 Å². The molecular weight excluding hydrogens is 268 g/mol. The molecule has 3 nitrogen and oxygen atoms in total. The monoisotopic (exact) mass is 282 g/mol. The second-order valence-corrected chi connectivity index (χ2v) is 5.52. The lowest BCUT2D eigenvalue weighted by Crippen LogP contribution is -2.25. The fourth-order valence-electron chi connectivity index (χ4n) is 2.34. The molecule has 100 valence electrons. The molecule has 2 N–H and O–H groups in total. The van der Waals surface area contributed by atoms with Crippen LogP contribution in [0, 0.1) is 11.8 Å². The van der Waals surface area contributed by atoms with Crippen molar-refractivity contribution in [3.05, 3.63) is 57.3 Å². The van der Waals surface area contributed by atoms with E-state index in [1.807, 2.05) is 28.5 Å². The van der Waals surface area contributed by atoms with Crippen molar-refractivity contribution in [1.82, 2.24) is 4.90 Å². The molecule has 0 saturated carbocycles. The highest BCUT2D eigenvalue weighted by molar-refractivity contribution is 7.12. The summed E-state index contributed by atoms with van der Waals surface area (Å²) in [5.74, 6) is 5.83. The van der Waals surface area contributed by atoms with Crippen LogP contribution >= 0.6 is 11.3 Å². The van der Waals surface area contributed by atoms with Crippen LogP contribution in [0.15, 0.2) is 35.7 Å². The van der Waals surface area contributed by atoms with Crippen molar-refractivity contribution in [2.75, 3.05) is 6.54 Å². The molecule has 1 aromatic heterocycles. The first kappa shape index (κ1) is 12.9. The Morgan fingerprint density at radius 3 is 2.60 bits per heavy atom. The first-order valence-corrected chi connectivity index (χ1v) is 7.30. The van der Waals surface area contributed by atoms with Crippen LogP contribution in [0.1, 0.15) is 26.4 Å². The number of benzene rings is 1. The zero-order valence-corrected chi connectivity index (χ0v) is 11.7. The first-order chi connectivity index (χ1) is 9.79. The predicted octanol–water partition coefficient (Wildman–Crippen LogP) is 2.21. The van der Waals surface area contributed by atoms with E-state index in [4.69, 9.17) is 5.73 Å². The smallest absolute Gasteiger partial charge is 0.265 e. The number of thiophene rings is 1. The number of amides is 1. The van der Waals surface area contributed by atoms with E-state index in [1.165, 1.54) is 22.5 Å². The van der Waals surface area contributed by atoms with Gasteiger partial charge in [-0.1, -0.05) is 36.1 Å². The van der Waals surface area contributed by atoms with E-state index in [0.717, 1.165) is 5.56 Å². The molecule has 0 spiro atoms. The van der Waals surface area contributed by atoms with Gasteiger partial charge in [0.15, 0.2) is 0 Å². The molecule has 0 bridgehead atoms. The summed E-state index contributed by atoms with van der Waals surface area (Å²) >= 11 is 1.44. The Hall–Kier alpha value is -2.09. The highest BCUT2D eigenvalue weighted by Gasteiger charge is 2.25. The molecule has 0 unspecified atom stereocenters. The van der Waals surface area contributed by atoms with Crippen molar-refractivity contribution in [3.63, 3.8) is 0 Å². The van der Waals surface area contributed by atoms with Gasteiger partial charge in [-0.15, -0.1) is 11.3 Å². The number of nitrogens with two attached hydrogens (primary N) is 1. The van der Waals surface area contributed by atoms with Gasteiger partial charge in [0, 0.05) is 18.7 Å². The van der Waals surface area contributed by atoms with Gasteiger partial charge in [-0.05, 0) is 22.6 Å². The lowest BCUT2D eigenvalue weighted by molar-refractivity contribution is 0.0756. The predicted molar refractivity (Wildman–Crippen MR) is 80.3 cm³/mol. The molecule has 0 atom stereocenters. The van der Waals surface area contributed by atoms with Gasteiger partial charge in [-0.3, -0.25) is 4.79 Å². The Morgan fingerprint density at radius 2 is 1.95 bits per heavy atom. The number of hydrogen-bond acceptors (Lipinski definition) is 3. The van der Waals surface area contributed by atoms with Gasteiger partial charge in [0.05, 0.1) is 6.54 Å². The number of rotatable bonds is 1. The molecule has 1 amide bonds. The lowest BCUT2D eigenvalue weighted by Gasteiger charge is -2.14. The van der Waals surface area contributed by atoms with Crippen molar-refractivity contribution >= 4 is 17.2 Å². The third-order valence-electron chi connectivity index (χ3n) is 3.31. The van der Waals surface area contributed by atoms with Crippen molar-refractivity contribution in [3.8, 4) is 11.8 Å². The summed E-state index contributed by atoms with van der Waals surface area (Å²) in [7, 11) is 0. The maximum absolute atomic E-state index is 12.6. The van der Waals surface area contributed by atoms with E-state index >= 15 is 0 Å². The average Bonchev–Trinajstić information content (AvgIpc) is 3.10. The zero-order valence-electron chi connectivity index (χ0n) is 10.9. The summed E-state index contributed by atoms with van der Waals surface area (Å²) in [6.07, 6.45) is 0. The van der Waals surface area contributed by atoms with Crippen molar-refractivity contribution in [1.29, 1.82) is 0 Å². The summed E-state index contributed by atoms with van der Waals surface area (Å²) in [6.45, 7) is 1.66. The van der Waals surface area contributed by atoms with E-state index in [9.17, 15) is 4.79 Å². The fourth-order valence-corrected chi connectivity index (χ4v) is 3.16. The Labute approximate surface area is 122 Å². The minimum atomic E-state index is 0.0533. The van der Waals surface area contributed by atoms with Gasteiger partial charge in [0.25, 0.3) is 5.91 Å². The van der Waals surface area contributed by atoms with E-state index in [2.05, 4.69) is 24.0 Å². The molecule has 1 aliphatic rings. The largest absolute Gasteiger partial charge is 0.329 e. The van der Waals surface area contributed by atoms with Crippen LogP contribution in [0.25, 0.3) is 0 Å². The van der Waals surface area contributed by atoms with Crippen LogP contribution in [0.4, 0.5) is 0 Å². The molecule has 3 rings (SSSR count). The number of hydrogen-bond donors (Lipinski definition) is 1. The van der Waals surface area contributed by atoms with Gasteiger partial charge >= 0.3 is 0 Å². The molecule has 2 heterocycles. The van der Waals surface area contributed by atoms with E-state index < -0.39 is 0 Å². The second-order valence-electron chi connectivity index (χ2n) is 4.60. The quantitative estimate of drug-likeness (QED) is 0.815. The Kier molecular flexibility index (Phi) is 3.55. The van der Waals surface area contributed by atoms with Crippen LogP contribution < -0.4 is 5.73 Å². The fraction of sp³-hybridized carbons (Fsp3) is 0.188. The summed E-state index contributed by atoms with van der Waals surface area (Å²) in [5.41, 5.74) is 8.62. The zero-order chi connectivity index (χ0) is 13.9. The number of carbonyl (C=O) groups is 1. The van der Waals surface area contributed by atoms with Gasteiger partial charge < -0.3 is 10.6 Å². The topological polar surface area (TPSA) is 46.3 Å². The van der Waals surface area contributed by atoms with Crippen LogP contribution in [-0.4, -0.2) is 17.4 Å². The van der Waals surface area contributed by atoms with Gasteiger partial charge in [0.1, 0.15) is 4.88 Å². The maximum Gasteiger partial charge on any atom is 0.265 e. The van der Waals surface area contributed by atoms with E-state index in [1.54, 1.807) is 0 Å². The highest BCUT2D eigenvalue weighted by atomic mass is 32.1. The minimum absolute atomic E-state index is 0.0533. The van der Waals surface area contributed by atoms with Crippen molar-refractivity contribution < 1.29 is 4.79 Å². The lowest BCUT2D eigenvalue weighted by atomic mass is 10.1. The van der Waals surface area contributed by atoms with Crippen LogP contribution in [-0.2, 0) is 13.1 Å². The summed E-state index contributed by atoms with van der Waals surface area (Å²) in [5, 5.41) is 1.90. The molecule has 0 fully saturated rings. The van der Waals surface area contributed by atoms with Crippen LogP contribution in [0.3, 0.4) is 0 Å². The maximum atomic E-state index is 12.6. The molecular formula is C16H14N2OS. The summed E-state index contributed by atoms with van der Waals surface area (Å²) < 4.78 is 0. The SMILES string of the molecule is NCC#Cc1ccsc1C(=O)N1Cc2ccccc2C1. The molecule has 2 aromatic rings. The molecule has 0 aliphatic carbocycles. The van der Waals surface area contributed by atoms with Crippen LogP contribution in [0.5, 0.6) is 0 Å². The Balaban J connectivity index is 1.83. The normalized spacial score (nSPS) is 12.8. The molecule has 4 heteroatoms. The summed E-state index contributed by atoms with van der Waals surface area (Å²) in [6, 6.07) is 10.0. The highest BCUT2D eigenvalue weighted by Crippen LogP contribution is 2.26. The number of fused-ring (bicyclic) bond motifs is 1. The Morgan fingerprint density at radius 1 is 1.25 bits per heavy atom. The third kappa shape index (κ3) is 2.34. The first-order valence-electron chi connectivity index (χ1n) is 6.42. The average molecular weight is 282 g/mol.